The number of urea groups is 1. The van der Waals surface area contributed by atoms with Crippen LogP contribution in [0.5, 0.6) is 0 Å². The van der Waals surface area contributed by atoms with Gasteiger partial charge in [0.1, 0.15) is 0 Å². The Bertz CT molecular complexity index is 582. The minimum Gasteiger partial charge on any atom is -0.375 e. The predicted octanol–water partition coefficient (Wildman–Crippen LogP) is 4.22. The highest BCUT2D eigenvalue weighted by molar-refractivity contribution is 5.89. The van der Waals surface area contributed by atoms with Crippen LogP contribution in [-0.4, -0.2) is 30.4 Å². The van der Waals surface area contributed by atoms with Gasteiger partial charge in [0.05, 0.1) is 18.3 Å². The molecule has 2 aliphatic rings. The van der Waals surface area contributed by atoms with E-state index in [1.54, 1.807) is 0 Å². The Balaban J connectivity index is 1.51. The molecule has 0 unspecified atom stereocenters. The van der Waals surface area contributed by atoms with Gasteiger partial charge in [-0.25, -0.2) is 4.79 Å². The molecule has 3 rings (SSSR count). The maximum absolute atomic E-state index is 12.4. The lowest BCUT2D eigenvalue weighted by molar-refractivity contribution is -0.0818. The van der Waals surface area contributed by atoms with Crippen molar-refractivity contribution in [3.8, 4) is 0 Å². The van der Waals surface area contributed by atoms with E-state index in [0.29, 0.717) is 6.61 Å². The highest BCUT2D eigenvalue weighted by atomic mass is 16.5. The molecule has 5 heteroatoms. The zero-order chi connectivity index (χ0) is 17.7. The molecule has 2 amide bonds. The van der Waals surface area contributed by atoms with Crippen LogP contribution in [-0.2, 0) is 16.1 Å². The molecule has 1 heterocycles. The number of nitrogens with one attached hydrogen (secondary N) is 2. The number of rotatable bonds is 5. The molecular weight excluding hydrogens is 316 g/mol. The molecule has 1 saturated heterocycles. The predicted molar refractivity (Wildman–Crippen MR) is 98.7 cm³/mol. The van der Waals surface area contributed by atoms with Crippen LogP contribution in [0.3, 0.4) is 0 Å². The minimum absolute atomic E-state index is 0.0182. The van der Waals surface area contributed by atoms with Gasteiger partial charge >= 0.3 is 6.03 Å². The van der Waals surface area contributed by atoms with Crippen molar-refractivity contribution < 1.29 is 14.3 Å². The van der Waals surface area contributed by atoms with E-state index in [2.05, 4.69) is 10.6 Å². The third-order valence-corrected chi connectivity index (χ3v) is 5.11. The number of hydrogen-bond acceptors (Lipinski definition) is 3. The summed E-state index contributed by atoms with van der Waals surface area (Å²) in [4.78, 5) is 12.4. The fourth-order valence-corrected chi connectivity index (χ4v) is 3.87. The molecule has 0 radical (unpaired) electrons. The molecule has 1 aliphatic heterocycles. The lowest BCUT2D eigenvalue weighted by Gasteiger charge is -2.38. The fourth-order valence-electron chi connectivity index (χ4n) is 3.87. The summed E-state index contributed by atoms with van der Waals surface area (Å²) in [6.45, 7) is 5.32. The molecule has 25 heavy (non-hydrogen) atoms. The van der Waals surface area contributed by atoms with Gasteiger partial charge in [0.25, 0.3) is 0 Å². The molecule has 1 atom stereocenters. The topological polar surface area (TPSA) is 59.6 Å². The highest BCUT2D eigenvalue weighted by Gasteiger charge is 2.40. The molecule has 2 fully saturated rings. The van der Waals surface area contributed by atoms with Gasteiger partial charge in [-0.15, -0.1) is 0 Å². The summed E-state index contributed by atoms with van der Waals surface area (Å²) in [5, 5.41) is 6.08. The molecule has 1 spiro atoms. The number of carbonyl (C=O) groups excluding carboxylic acids is 1. The van der Waals surface area contributed by atoms with Crippen LogP contribution in [0.25, 0.3) is 0 Å². The van der Waals surface area contributed by atoms with Gasteiger partial charge in [-0.3, -0.25) is 0 Å². The summed E-state index contributed by atoms with van der Waals surface area (Å²) < 4.78 is 11.7. The van der Waals surface area contributed by atoms with Gasteiger partial charge in [-0.05, 0) is 57.2 Å². The second-order valence-electron chi connectivity index (χ2n) is 7.59. The minimum atomic E-state index is -0.137. The van der Waals surface area contributed by atoms with Crippen molar-refractivity contribution in [2.75, 3.05) is 11.9 Å². The first-order valence-corrected chi connectivity index (χ1v) is 9.47. The number of carbonyl (C=O) groups is 1. The van der Waals surface area contributed by atoms with Crippen molar-refractivity contribution in [2.45, 2.75) is 76.7 Å². The molecule has 5 nitrogen and oxygen atoms in total. The van der Waals surface area contributed by atoms with E-state index < -0.39 is 0 Å². The van der Waals surface area contributed by atoms with Gasteiger partial charge in [-0.2, -0.15) is 0 Å². The second-order valence-corrected chi connectivity index (χ2v) is 7.59. The van der Waals surface area contributed by atoms with E-state index in [-0.39, 0.29) is 23.8 Å². The van der Waals surface area contributed by atoms with Crippen molar-refractivity contribution in [1.82, 2.24) is 5.32 Å². The number of hydrogen-bond donors (Lipinski definition) is 2. The van der Waals surface area contributed by atoms with E-state index in [1.807, 2.05) is 38.1 Å². The lowest BCUT2D eigenvalue weighted by Crippen LogP contribution is -2.48. The smallest absolute Gasteiger partial charge is 0.319 e. The van der Waals surface area contributed by atoms with Crippen LogP contribution in [0.1, 0.15) is 57.9 Å². The molecule has 0 aromatic heterocycles. The van der Waals surface area contributed by atoms with E-state index in [4.69, 9.17) is 9.47 Å². The van der Waals surface area contributed by atoms with Crippen molar-refractivity contribution >= 4 is 11.7 Å². The maximum Gasteiger partial charge on any atom is 0.319 e. The number of benzene rings is 1. The van der Waals surface area contributed by atoms with Crippen LogP contribution >= 0.6 is 0 Å². The van der Waals surface area contributed by atoms with E-state index in [0.717, 1.165) is 43.5 Å². The van der Waals surface area contributed by atoms with Gasteiger partial charge in [0.2, 0.25) is 0 Å². The van der Waals surface area contributed by atoms with Crippen LogP contribution in [0.2, 0.25) is 0 Å². The quantitative estimate of drug-likeness (QED) is 0.839. The SMILES string of the molecule is CC(C)OCc1cccc(NC(=O)N[C@@H]2CCOC3(CCCC3)C2)c1. The van der Waals surface area contributed by atoms with Crippen LogP contribution in [0.4, 0.5) is 10.5 Å². The van der Waals surface area contributed by atoms with Crippen molar-refractivity contribution in [3.05, 3.63) is 29.8 Å². The number of amides is 2. The molecule has 1 aromatic rings. The van der Waals surface area contributed by atoms with Gasteiger partial charge in [0.15, 0.2) is 0 Å². The maximum atomic E-state index is 12.4. The first-order chi connectivity index (χ1) is 12.0. The largest absolute Gasteiger partial charge is 0.375 e. The van der Waals surface area contributed by atoms with Gasteiger partial charge in [-0.1, -0.05) is 25.0 Å². The molecule has 1 aromatic carbocycles. The van der Waals surface area contributed by atoms with Crippen LogP contribution < -0.4 is 10.6 Å². The van der Waals surface area contributed by atoms with E-state index in [1.165, 1.54) is 12.8 Å². The standard InChI is InChI=1S/C20H30N2O3/c1-15(2)24-14-16-6-5-7-17(12-16)21-19(23)22-18-8-11-25-20(13-18)9-3-4-10-20/h5-7,12,15,18H,3-4,8-11,13-14H2,1-2H3,(H2,21,22,23)/t18-/m1/s1. The average molecular weight is 346 g/mol. The third kappa shape index (κ3) is 5.19. The molecular formula is C20H30N2O3. The summed E-state index contributed by atoms with van der Waals surface area (Å²) in [5.41, 5.74) is 1.87. The average Bonchev–Trinajstić information content (AvgIpc) is 3.01. The van der Waals surface area contributed by atoms with Crippen molar-refractivity contribution in [3.63, 3.8) is 0 Å². The first kappa shape index (κ1) is 18.2. The van der Waals surface area contributed by atoms with Crippen molar-refractivity contribution in [1.29, 1.82) is 0 Å². The van der Waals surface area contributed by atoms with Crippen molar-refractivity contribution in [2.24, 2.45) is 0 Å². The Kier molecular flexibility index (Phi) is 5.97. The van der Waals surface area contributed by atoms with E-state index in [9.17, 15) is 4.79 Å². The summed E-state index contributed by atoms with van der Waals surface area (Å²) >= 11 is 0. The Labute approximate surface area is 150 Å². The Morgan fingerprint density at radius 1 is 1.36 bits per heavy atom. The third-order valence-electron chi connectivity index (χ3n) is 5.11. The molecule has 2 N–H and O–H groups in total. The van der Waals surface area contributed by atoms with E-state index >= 15 is 0 Å². The number of ether oxygens (including phenoxy) is 2. The number of anilines is 1. The zero-order valence-corrected chi connectivity index (χ0v) is 15.3. The van der Waals surface area contributed by atoms with Gasteiger partial charge < -0.3 is 20.1 Å². The Morgan fingerprint density at radius 2 is 2.16 bits per heavy atom. The second kappa shape index (κ2) is 8.19. The summed E-state index contributed by atoms with van der Waals surface area (Å²) in [6, 6.07) is 7.87. The van der Waals surface area contributed by atoms with Crippen LogP contribution in [0, 0.1) is 0 Å². The normalized spacial score (nSPS) is 22.3. The zero-order valence-electron chi connectivity index (χ0n) is 15.3. The molecule has 1 aliphatic carbocycles. The fraction of sp³-hybridized carbons (Fsp3) is 0.650. The first-order valence-electron chi connectivity index (χ1n) is 9.47. The van der Waals surface area contributed by atoms with Crippen LogP contribution in [0.15, 0.2) is 24.3 Å². The molecule has 0 bridgehead atoms. The summed E-state index contributed by atoms with van der Waals surface area (Å²) in [5.74, 6) is 0. The Morgan fingerprint density at radius 3 is 2.92 bits per heavy atom. The van der Waals surface area contributed by atoms with Gasteiger partial charge in [0, 0.05) is 18.3 Å². The monoisotopic (exact) mass is 346 g/mol. The highest BCUT2D eigenvalue weighted by Crippen LogP contribution is 2.39. The summed E-state index contributed by atoms with van der Waals surface area (Å²) in [7, 11) is 0. The Hall–Kier alpha value is -1.59. The summed E-state index contributed by atoms with van der Waals surface area (Å²) in [6.07, 6.45) is 6.75. The lowest BCUT2D eigenvalue weighted by atomic mass is 9.89. The molecule has 1 saturated carbocycles. The molecule has 138 valence electrons.